The Hall–Kier alpha value is -2.64. The van der Waals surface area contributed by atoms with Crippen LogP contribution in [0, 0.1) is 30.5 Å². The minimum Gasteiger partial charge on any atom is -0.248 e. The molecule has 8 heteroatoms. The summed E-state index contributed by atoms with van der Waals surface area (Å²) < 4.78 is 97.3. The molecule has 0 aliphatic rings. The van der Waals surface area contributed by atoms with Crippen molar-refractivity contribution >= 4 is 10.9 Å². The first kappa shape index (κ1) is 27.0. The Morgan fingerprint density at radius 3 is 1.74 bits per heavy atom. The van der Waals surface area contributed by atoms with Gasteiger partial charge in [-0.1, -0.05) is 51.0 Å². The molecule has 3 aromatic rings. The van der Waals surface area contributed by atoms with Crippen molar-refractivity contribution in [3.05, 3.63) is 64.5 Å². The van der Waals surface area contributed by atoms with Crippen LogP contribution in [0.2, 0.25) is 0 Å². The van der Waals surface area contributed by atoms with E-state index in [4.69, 9.17) is 0 Å². The number of aryl methyl sites for hydroxylation is 2. The molecule has 0 aliphatic carbocycles. The van der Waals surface area contributed by atoms with E-state index in [0.717, 1.165) is 44.4 Å². The number of halogens is 7. The Balaban J connectivity index is 2.27. The maximum absolute atomic E-state index is 15.6. The third-order valence-corrected chi connectivity index (χ3v) is 6.41. The van der Waals surface area contributed by atoms with Crippen molar-refractivity contribution in [2.45, 2.75) is 66.7 Å². The topological polar surface area (TPSA) is 12.9 Å². The molecular formula is C27H28F7N. The van der Waals surface area contributed by atoms with Crippen molar-refractivity contribution in [3.8, 4) is 11.3 Å². The summed E-state index contributed by atoms with van der Waals surface area (Å²) in [6, 6.07) is 10.1. The fourth-order valence-electron chi connectivity index (χ4n) is 4.08. The molecular weight excluding hydrogens is 471 g/mol. The summed E-state index contributed by atoms with van der Waals surface area (Å²) >= 11 is 0. The minimum absolute atomic E-state index is 0.154. The molecule has 0 atom stereocenters. The summed E-state index contributed by atoms with van der Waals surface area (Å²) in [7, 11) is 0. The van der Waals surface area contributed by atoms with Crippen LogP contribution in [0.5, 0.6) is 0 Å². The molecule has 190 valence electrons. The average molecular weight is 500 g/mol. The van der Waals surface area contributed by atoms with E-state index in [1.54, 1.807) is 6.07 Å². The standard InChI is InChI=1S/C27H28F7N/c1-15-9-16(2)11-17(10-15)21-8-7-19-20(14-25(5,6)27(32,33)34)23(28)18(12-22(19)35-21)13-24(3,4)26(29,30)31/h7-12H,13-14H2,1-6H3. The molecule has 1 aromatic heterocycles. The smallest absolute Gasteiger partial charge is 0.248 e. The maximum atomic E-state index is 15.6. The molecule has 0 amide bonds. The zero-order chi connectivity index (χ0) is 26.6. The Bertz CT molecular complexity index is 1230. The predicted octanol–water partition coefficient (Wildman–Crippen LogP) is 8.92. The highest BCUT2D eigenvalue weighted by atomic mass is 19.4. The van der Waals surface area contributed by atoms with Crippen LogP contribution in [0.3, 0.4) is 0 Å². The molecule has 0 fully saturated rings. The van der Waals surface area contributed by atoms with E-state index in [1.165, 1.54) is 12.1 Å². The summed E-state index contributed by atoms with van der Waals surface area (Å²) in [5, 5.41) is 0.154. The zero-order valence-corrected chi connectivity index (χ0v) is 20.5. The highest BCUT2D eigenvalue weighted by Gasteiger charge is 2.49. The molecule has 35 heavy (non-hydrogen) atoms. The number of pyridine rings is 1. The Morgan fingerprint density at radius 2 is 1.23 bits per heavy atom. The van der Waals surface area contributed by atoms with Crippen LogP contribution in [0.4, 0.5) is 30.7 Å². The summed E-state index contributed by atoms with van der Waals surface area (Å²) in [4.78, 5) is 4.55. The number of fused-ring (bicyclic) bond motifs is 1. The Labute approximate surface area is 200 Å². The van der Waals surface area contributed by atoms with Gasteiger partial charge in [-0.3, -0.25) is 0 Å². The Kier molecular flexibility index (Phi) is 6.77. The van der Waals surface area contributed by atoms with Gasteiger partial charge in [0.25, 0.3) is 0 Å². The highest BCUT2D eigenvalue weighted by Crippen LogP contribution is 2.44. The number of aromatic nitrogens is 1. The molecule has 0 spiro atoms. The summed E-state index contributed by atoms with van der Waals surface area (Å²) in [5.41, 5.74) is -1.82. The lowest BCUT2D eigenvalue weighted by atomic mass is 9.80. The van der Waals surface area contributed by atoms with Crippen molar-refractivity contribution < 1.29 is 30.7 Å². The maximum Gasteiger partial charge on any atom is 0.394 e. The minimum atomic E-state index is -4.64. The number of hydrogen-bond donors (Lipinski definition) is 0. The van der Waals surface area contributed by atoms with E-state index in [1.807, 2.05) is 32.0 Å². The molecule has 0 radical (unpaired) electrons. The van der Waals surface area contributed by atoms with Gasteiger partial charge in [0.05, 0.1) is 22.0 Å². The molecule has 0 bridgehead atoms. The van der Waals surface area contributed by atoms with Crippen LogP contribution < -0.4 is 0 Å². The third kappa shape index (κ3) is 5.46. The van der Waals surface area contributed by atoms with Crippen molar-refractivity contribution in [2.75, 3.05) is 0 Å². The van der Waals surface area contributed by atoms with Gasteiger partial charge < -0.3 is 0 Å². The highest BCUT2D eigenvalue weighted by molar-refractivity contribution is 5.86. The largest absolute Gasteiger partial charge is 0.394 e. The molecule has 0 unspecified atom stereocenters. The number of benzene rings is 2. The van der Waals surface area contributed by atoms with Crippen LogP contribution >= 0.6 is 0 Å². The average Bonchev–Trinajstić information content (AvgIpc) is 2.68. The van der Waals surface area contributed by atoms with E-state index >= 15 is 4.39 Å². The van der Waals surface area contributed by atoms with Crippen LogP contribution in [-0.2, 0) is 12.8 Å². The zero-order valence-electron chi connectivity index (χ0n) is 20.5. The van der Waals surface area contributed by atoms with Gasteiger partial charge in [0.1, 0.15) is 5.82 Å². The van der Waals surface area contributed by atoms with Gasteiger partial charge in [-0.25, -0.2) is 9.37 Å². The van der Waals surface area contributed by atoms with Crippen molar-refractivity contribution in [1.82, 2.24) is 4.98 Å². The second-order valence-electron chi connectivity index (χ2n) is 10.6. The van der Waals surface area contributed by atoms with Crippen LogP contribution in [0.15, 0.2) is 36.4 Å². The molecule has 1 heterocycles. The van der Waals surface area contributed by atoms with E-state index in [9.17, 15) is 26.3 Å². The number of nitrogens with zero attached hydrogens (tertiary/aromatic N) is 1. The molecule has 2 aromatic carbocycles. The summed E-state index contributed by atoms with van der Waals surface area (Å²) in [6.07, 6.45) is -10.7. The van der Waals surface area contributed by atoms with Gasteiger partial charge in [-0.15, -0.1) is 0 Å². The number of rotatable bonds is 5. The lowest BCUT2D eigenvalue weighted by Gasteiger charge is -2.30. The van der Waals surface area contributed by atoms with Crippen molar-refractivity contribution in [2.24, 2.45) is 10.8 Å². The predicted molar refractivity (Wildman–Crippen MR) is 124 cm³/mol. The van der Waals surface area contributed by atoms with Gasteiger partial charge in [0, 0.05) is 10.9 Å². The second kappa shape index (κ2) is 8.79. The molecule has 0 N–H and O–H groups in total. The number of alkyl halides is 6. The van der Waals surface area contributed by atoms with Crippen LogP contribution in [0.25, 0.3) is 22.2 Å². The van der Waals surface area contributed by atoms with E-state index in [2.05, 4.69) is 4.98 Å². The SMILES string of the molecule is Cc1cc(C)cc(-c2ccc3c(CC(C)(C)C(F)(F)F)c(F)c(CC(C)(C)C(F)(F)F)cc3n2)c1. The Morgan fingerprint density at radius 1 is 0.714 bits per heavy atom. The normalized spacial score (nSPS) is 13.5. The lowest BCUT2D eigenvalue weighted by Crippen LogP contribution is -2.35. The van der Waals surface area contributed by atoms with Gasteiger partial charge in [0.2, 0.25) is 0 Å². The van der Waals surface area contributed by atoms with Crippen molar-refractivity contribution in [3.63, 3.8) is 0 Å². The fraction of sp³-hybridized carbons (Fsp3) is 0.444. The molecule has 1 nitrogen and oxygen atoms in total. The number of hydrogen-bond acceptors (Lipinski definition) is 1. The van der Waals surface area contributed by atoms with Gasteiger partial charge in [0.15, 0.2) is 0 Å². The lowest BCUT2D eigenvalue weighted by molar-refractivity contribution is -0.211. The first-order valence-electron chi connectivity index (χ1n) is 11.2. The fourth-order valence-corrected chi connectivity index (χ4v) is 4.08. The van der Waals surface area contributed by atoms with E-state index in [-0.39, 0.29) is 22.0 Å². The van der Waals surface area contributed by atoms with E-state index < -0.39 is 41.8 Å². The molecule has 0 aliphatic heterocycles. The first-order valence-corrected chi connectivity index (χ1v) is 11.2. The molecule has 0 saturated heterocycles. The third-order valence-electron chi connectivity index (χ3n) is 6.41. The van der Waals surface area contributed by atoms with E-state index in [0.29, 0.717) is 5.69 Å². The van der Waals surface area contributed by atoms with Gasteiger partial charge in [-0.2, -0.15) is 26.3 Å². The second-order valence-corrected chi connectivity index (χ2v) is 10.6. The van der Waals surface area contributed by atoms with Gasteiger partial charge in [-0.05, 0) is 62.1 Å². The monoisotopic (exact) mass is 499 g/mol. The summed E-state index contributed by atoms with van der Waals surface area (Å²) in [6.45, 7) is 7.58. The van der Waals surface area contributed by atoms with Crippen molar-refractivity contribution in [1.29, 1.82) is 0 Å². The quantitative estimate of drug-likeness (QED) is 0.319. The van der Waals surface area contributed by atoms with Crippen LogP contribution in [-0.4, -0.2) is 17.3 Å². The van der Waals surface area contributed by atoms with Gasteiger partial charge >= 0.3 is 12.4 Å². The molecule has 0 saturated carbocycles. The van der Waals surface area contributed by atoms with Crippen LogP contribution in [0.1, 0.15) is 49.9 Å². The summed E-state index contributed by atoms with van der Waals surface area (Å²) in [5.74, 6) is -1.05. The first-order chi connectivity index (χ1) is 15.8. The molecule has 3 rings (SSSR count).